The number of nitrogens with one attached hydrogen (secondary N) is 3. The molecule has 2 aromatic heterocycles. The van der Waals surface area contributed by atoms with Crippen LogP contribution < -0.4 is 24.6 Å². The van der Waals surface area contributed by atoms with Gasteiger partial charge < -0.3 is 34.3 Å². The minimum Gasteiger partial charge on any atom is -0.412 e. The maximum absolute atomic E-state index is 15.3. The smallest absolute Gasteiger partial charge is 0.400 e. The summed E-state index contributed by atoms with van der Waals surface area (Å²) < 4.78 is 76.7. The number of rotatable bonds is 12. The van der Waals surface area contributed by atoms with Crippen molar-refractivity contribution in [3.63, 3.8) is 0 Å². The molecule has 2 fully saturated rings. The summed E-state index contributed by atoms with van der Waals surface area (Å²) in [6, 6.07) is 19.5. The zero-order chi connectivity index (χ0) is 47.1. The summed E-state index contributed by atoms with van der Waals surface area (Å²) in [6.07, 6.45) is -0.125. The van der Waals surface area contributed by atoms with Crippen molar-refractivity contribution >= 4 is 72.6 Å². The Labute approximate surface area is 391 Å². The number of allylic oxidation sites excluding steroid dienone is 1. The van der Waals surface area contributed by atoms with Crippen LogP contribution in [0.5, 0.6) is 5.88 Å². The lowest BCUT2D eigenvalue weighted by molar-refractivity contribution is -0.384. The lowest BCUT2D eigenvalue weighted by Gasteiger charge is -2.39. The van der Waals surface area contributed by atoms with Gasteiger partial charge in [0, 0.05) is 74.2 Å². The number of aromatic nitrogens is 2. The Bertz CT molecular complexity index is 2830. The van der Waals surface area contributed by atoms with Gasteiger partial charge in [0.15, 0.2) is 0 Å². The van der Waals surface area contributed by atoms with E-state index >= 15 is 8.78 Å². The van der Waals surface area contributed by atoms with Crippen LogP contribution >= 0.6 is 11.6 Å². The summed E-state index contributed by atoms with van der Waals surface area (Å²) in [4.78, 5) is 38.6. The molecule has 16 nitrogen and oxygen atoms in total. The molecule has 2 saturated heterocycles. The largest absolute Gasteiger partial charge is 0.412 e. The van der Waals surface area contributed by atoms with Gasteiger partial charge in [-0.15, -0.1) is 0 Å². The summed E-state index contributed by atoms with van der Waals surface area (Å²) >= 11 is 6.25. The normalized spacial score (nSPS) is 19.9. The molecule has 9 rings (SSSR count). The molecule has 1 amide bonds. The third-order valence-electron chi connectivity index (χ3n) is 12.8. The molecular weight excluding hydrogens is 910 g/mol. The summed E-state index contributed by atoms with van der Waals surface area (Å²) in [5.41, 5.74) is 4.76. The molecule has 354 valence electrons. The molecule has 0 saturated carbocycles. The lowest BCUT2D eigenvalue weighted by Crippen LogP contribution is -2.47. The summed E-state index contributed by atoms with van der Waals surface area (Å²) in [7, 11) is -4.73. The van der Waals surface area contributed by atoms with E-state index in [-0.39, 0.29) is 59.7 Å². The number of pyridine rings is 1. The van der Waals surface area contributed by atoms with E-state index in [1.165, 1.54) is 33.7 Å². The minimum absolute atomic E-state index is 0.0463. The first-order valence-electron chi connectivity index (χ1n) is 22.2. The number of alkyl halides is 2. The molecule has 1 aliphatic carbocycles. The molecule has 0 unspecified atom stereocenters. The average molecular weight is 961 g/mol. The van der Waals surface area contributed by atoms with Crippen molar-refractivity contribution in [1.82, 2.24) is 19.6 Å². The fourth-order valence-corrected chi connectivity index (χ4v) is 10.3. The number of aromatic amines is 1. The zero-order valence-corrected chi connectivity index (χ0v) is 38.6. The Morgan fingerprint density at radius 1 is 0.985 bits per heavy atom. The van der Waals surface area contributed by atoms with E-state index in [2.05, 4.69) is 55.8 Å². The van der Waals surface area contributed by atoms with Crippen LogP contribution in [0.3, 0.4) is 0 Å². The number of hydrogen-bond acceptors (Lipinski definition) is 13. The van der Waals surface area contributed by atoms with Gasteiger partial charge in [0.25, 0.3) is 21.6 Å². The predicted molar refractivity (Wildman–Crippen MR) is 251 cm³/mol. The topological polar surface area (TPSA) is 185 Å². The quantitative estimate of drug-likeness (QED) is 0.0802. The fourth-order valence-electron chi connectivity index (χ4n) is 9.15. The SMILES string of the molecule is CC1(C)CCC(CN2CCN(c3ccc(C(=O)NS(=O)(=O)c4ccc(NC[C@@H]5COCCO5)c([N+](=O)[O-])c4)c(N4CCC(F)(F)Oc5nc6[nH]ccc6cc54)c3)CC2)=C(c2ccc(Cl)cc2)C1. The molecule has 3 aromatic carbocycles. The van der Waals surface area contributed by atoms with Crippen LogP contribution in [0.1, 0.15) is 55.5 Å². The van der Waals surface area contributed by atoms with Crippen molar-refractivity contribution in [2.45, 2.75) is 56.6 Å². The Kier molecular flexibility index (Phi) is 12.9. The molecular formula is C47H51ClF2N8O8S. The van der Waals surface area contributed by atoms with Gasteiger partial charge in [0.2, 0.25) is 5.88 Å². The average Bonchev–Trinajstić information content (AvgIpc) is 3.71. The van der Waals surface area contributed by atoms with E-state index in [1.54, 1.807) is 30.5 Å². The summed E-state index contributed by atoms with van der Waals surface area (Å²) in [6.45, 7) is 9.03. The van der Waals surface area contributed by atoms with Gasteiger partial charge >= 0.3 is 6.11 Å². The predicted octanol–water partition coefficient (Wildman–Crippen LogP) is 8.37. The third kappa shape index (κ3) is 10.4. The third-order valence-corrected chi connectivity index (χ3v) is 14.4. The number of fused-ring (bicyclic) bond motifs is 2. The standard InChI is InChI=1S/C47H51ClF2N8O8S/c1-46(2)13-11-32(38(26-46)30-3-5-33(48)6-4-30)28-55-17-19-56(20-18-55)34-7-9-37(40(24-34)57-16-14-47(49,50)66-45-42(57)23-31-12-15-51-43(31)53-45)44(59)54-67(62,63)36-8-10-39(41(25-36)58(60)61)52-27-35-29-64-21-22-65-35/h3-10,12,15,23-25,35,52H,11,13-14,16-22,26-29H2,1-2H3,(H,51,53)(H,54,59)/t35-/m1/s1. The molecule has 0 bridgehead atoms. The number of halogens is 3. The van der Waals surface area contributed by atoms with Crippen molar-refractivity contribution in [2.75, 3.05) is 80.8 Å². The van der Waals surface area contributed by atoms with Crippen LogP contribution in [0.25, 0.3) is 16.6 Å². The number of amides is 1. The maximum atomic E-state index is 15.3. The number of benzene rings is 3. The van der Waals surface area contributed by atoms with Gasteiger partial charge in [-0.2, -0.15) is 13.8 Å². The van der Waals surface area contributed by atoms with Crippen molar-refractivity contribution in [3.8, 4) is 5.88 Å². The molecule has 5 heterocycles. The number of sulfonamides is 1. The highest BCUT2D eigenvalue weighted by atomic mass is 35.5. The molecule has 0 spiro atoms. The maximum Gasteiger partial charge on any atom is 0.400 e. The van der Waals surface area contributed by atoms with Crippen LogP contribution in [0.2, 0.25) is 5.02 Å². The second kappa shape index (κ2) is 18.7. The van der Waals surface area contributed by atoms with Gasteiger partial charge in [-0.3, -0.25) is 19.8 Å². The van der Waals surface area contributed by atoms with E-state index in [4.69, 9.17) is 25.8 Å². The highest BCUT2D eigenvalue weighted by Gasteiger charge is 2.40. The molecule has 1 atom stereocenters. The number of anilines is 4. The molecule has 67 heavy (non-hydrogen) atoms. The number of hydrogen-bond donors (Lipinski definition) is 3. The molecule has 20 heteroatoms. The fraction of sp³-hybridized carbons (Fsp3) is 0.404. The lowest BCUT2D eigenvalue weighted by atomic mass is 9.72. The Balaban J connectivity index is 1.01. The number of H-pyrrole nitrogens is 1. The molecule has 3 aliphatic heterocycles. The Morgan fingerprint density at radius 3 is 2.52 bits per heavy atom. The second-order valence-electron chi connectivity index (χ2n) is 18.1. The summed E-state index contributed by atoms with van der Waals surface area (Å²) in [5, 5.41) is 16.4. The van der Waals surface area contributed by atoms with E-state index in [0.29, 0.717) is 48.0 Å². The number of ether oxygens (including phenoxy) is 3. The number of piperazine rings is 1. The van der Waals surface area contributed by atoms with Gasteiger partial charge in [-0.1, -0.05) is 43.2 Å². The van der Waals surface area contributed by atoms with E-state index in [1.807, 2.05) is 12.1 Å². The minimum atomic E-state index is -4.73. The van der Waals surface area contributed by atoms with Gasteiger partial charge in [-0.05, 0) is 90.4 Å². The van der Waals surface area contributed by atoms with Crippen LogP contribution in [-0.2, 0) is 19.5 Å². The van der Waals surface area contributed by atoms with Crippen molar-refractivity contribution in [3.05, 3.63) is 111 Å². The van der Waals surface area contributed by atoms with E-state index in [0.717, 1.165) is 51.0 Å². The Hall–Kier alpha value is -5.86. The van der Waals surface area contributed by atoms with Crippen LogP contribution in [0.4, 0.5) is 37.2 Å². The number of nitro groups is 1. The zero-order valence-electron chi connectivity index (χ0n) is 37.0. The van der Waals surface area contributed by atoms with Crippen molar-refractivity contribution in [2.24, 2.45) is 5.41 Å². The van der Waals surface area contributed by atoms with Crippen LogP contribution in [-0.4, -0.2) is 112 Å². The number of nitro benzene ring substituents is 1. The first kappa shape index (κ1) is 46.3. The van der Waals surface area contributed by atoms with Crippen LogP contribution in [0, 0.1) is 15.5 Å². The highest BCUT2D eigenvalue weighted by molar-refractivity contribution is 7.90. The first-order chi connectivity index (χ1) is 32.0. The van der Waals surface area contributed by atoms with E-state index < -0.39 is 44.0 Å². The number of carbonyl (C=O) groups excluding carboxylic acids is 1. The number of carbonyl (C=O) groups is 1. The molecule has 3 N–H and O–H groups in total. The Morgan fingerprint density at radius 2 is 1.78 bits per heavy atom. The highest BCUT2D eigenvalue weighted by Crippen LogP contribution is 2.45. The van der Waals surface area contributed by atoms with Crippen molar-refractivity contribution in [1.29, 1.82) is 0 Å². The van der Waals surface area contributed by atoms with Crippen LogP contribution in [0.15, 0.2) is 89.5 Å². The van der Waals surface area contributed by atoms with E-state index in [9.17, 15) is 23.3 Å². The van der Waals surface area contributed by atoms with Gasteiger partial charge in [0.1, 0.15) is 17.0 Å². The van der Waals surface area contributed by atoms with Gasteiger partial charge in [-0.25, -0.2) is 13.1 Å². The van der Waals surface area contributed by atoms with Gasteiger partial charge in [0.05, 0.1) is 53.4 Å². The number of nitrogens with zero attached hydrogens (tertiary/aromatic N) is 5. The molecule has 0 radical (unpaired) electrons. The second-order valence-corrected chi connectivity index (χ2v) is 20.2. The van der Waals surface area contributed by atoms with Crippen molar-refractivity contribution < 1.29 is 41.1 Å². The molecule has 4 aliphatic rings. The monoisotopic (exact) mass is 960 g/mol. The molecule has 5 aromatic rings. The first-order valence-corrected chi connectivity index (χ1v) is 24.1. The summed E-state index contributed by atoms with van der Waals surface area (Å²) in [5.74, 6) is -1.46.